The van der Waals surface area contributed by atoms with Crippen molar-refractivity contribution >= 4 is 33.2 Å². The van der Waals surface area contributed by atoms with E-state index in [1.165, 1.54) is 6.07 Å². The Kier molecular flexibility index (Phi) is 6.00. The monoisotopic (exact) mass is 463 g/mol. The molecule has 7 nitrogen and oxygen atoms in total. The highest BCUT2D eigenvalue weighted by Crippen LogP contribution is 2.39. The zero-order valence-electron chi connectivity index (χ0n) is 17.4. The van der Waals surface area contributed by atoms with Crippen LogP contribution in [0.5, 0.6) is 0 Å². The number of nitrogens with zero attached hydrogens (tertiary/aromatic N) is 1. The van der Waals surface area contributed by atoms with Crippen molar-refractivity contribution in [1.29, 1.82) is 0 Å². The Morgan fingerprint density at radius 3 is 2.56 bits per heavy atom. The van der Waals surface area contributed by atoms with Gasteiger partial charge in [-0.05, 0) is 62.1 Å². The summed E-state index contributed by atoms with van der Waals surface area (Å²) in [7, 11) is -3.88. The number of halogens is 2. The van der Waals surface area contributed by atoms with Gasteiger partial charge in [-0.15, -0.1) is 0 Å². The standard InChI is InChI=1S/C22H23F2N3O4S/c1-13-10-15-11-17(5-7-20(15)27(13)22(29)14-2-3-14)32(30,31)25-9-8-21(28)26-19-6-4-16(23)12-18(19)24/h4-7,11-14,25H,2-3,8-10H2,1H3,(H,26,28)/t13-/m0/s1. The Labute approximate surface area is 184 Å². The van der Waals surface area contributed by atoms with Crippen molar-refractivity contribution < 1.29 is 26.8 Å². The summed E-state index contributed by atoms with van der Waals surface area (Å²) in [5, 5.41) is 2.28. The van der Waals surface area contributed by atoms with Crippen LogP contribution in [0.3, 0.4) is 0 Å². The lowest BCUT2D eigenvalue weighted by Crippen LogP contribution is -2.36. The van der Waals surface area contributed by atoms with Gasteiger partial charge in [0.1, 0.15) is 11.6 Å². The van der Waals surface area contributed by atoms with Crippen molar-refractivity contribution in [3.05, 3.63) is 53.6 Å². The van der Waals surface area contributed by atoms with Crippen LogP contribution in [0.25, 0.3) is 0 Å². The van der Waals surface area contributed by atoms with E-state index >= 15 is 0 Å². The molecule has 1 saturated carbocycles. The molecule has 0 radical (unpaired) electrons. The Balaban J connectivity index is 1.37. The summed E-state index contributed by atoms with van der Waals surface area (Å²) in [4.78, 5) is 26.3. The molecular formula is C22H23F2N3O4S. The van der Waals surface area contributed by atoms with Crippen LogP contribution in [-0.2, 0) is 26.0 Å². The fourth-order valence-corrected chi connectivity index (χ4v) is 4.91. The van der Waals surface area contributed by atoms with Gasteiger partial charge in [0.25, 0.3) is 0 Å². The first-order chi connectivity index (χ1) is 15.2. The first-order valence-electron chi connectivity index (χ1n) is 10.4. The molecule has 2 amide bonds. The summed E-state index contributed by atoms with van der Waals surface area (Å²) in [6.07, 6.45) is 2.13. The van der Waals surface area contributed by atoms with E-state index in [0.717, 1.165) is 36.2 Å². The number of fused-ring (bicyclic) bond motifs is 1. The Morgan fingerprint density at radius 2 is 1.88 bits per heavy atom. The van der Waals surface area contributed by atoms with Crippen LogP contribution in [0.2, 0.25) is 0 Å². The Morgan fingerprint density at radius 1 is 1.12 bits per heavy atom. The summed E-state index contributed by atoms with van der Waals surface area (Å²) >= 11 is 0. The predicted octanol–water partition coefficient (Wildman–Crippen LogP) is 2.96. The normalized spacial score (nSPS) is 17.8. The Hall–Kier alpha value is -2.85. The van der Waals surface area contributed by atoms with Gasteiger partial charge < -0.3 is 10.2 Å². The van der Waals surface area contributed by atoms with Gasteiger partial charge in [-0.2, -0.15) is 0 Å². The molecule has 0 unspecified atom stereocenters. The van der Waals surface area contributed by atoms with Crippen molar-refractivity contribution in [3.8, 4) is 0 Å². The highest BCUT2D eigenvalue weighted by molar-refractivity contribution is 7.89. The molecule has 2 aromatic carbocycles. The number of carbonyl (C=O) groups is 2. The molecule has 170 valence electrons. The van der Waals surface area contributed by atoms with E-state index < -0.39 is 27.6 Å². The van der Waals surface area contributed by atoms with Gasteiger partial charge >= 0.3 is 0 Å². The van der Waals surface area contributed by atoms with Crippen LogP contribution in [-0.4, -0.2) is 32.8 Å². The predicted molar refractivity (Wildman–Crippen MR) is 115 cm³/mol. The number of amides is 2. The van der Waals surface area contributed by atoms with E-state index in [2.05, 4.69) is 10.0 Å². The van der Waals surface area contributed by atoms with Gasteiger partial charge in [0.2, 0.25) is 21.8 Å². The number of sulfonamides is 1. The van der Waals surface area contributed by atoms with Crippen molar-refractivity contribution in [2.24, 2.45) is 5.92 Å². The number of anilines is 2. The van der Waals surface area contributed by atoms with Gasteiger partial charge in [-0.25, -0.2) is 21.9 Å². The number of rotatable bonds is 7. The van der Waals surface area contributed by atoms with Crippen molar-refractivity contribution in [2.75, 3.05) is 16.8 Å². The molecule has 1 aliphatic carbocycles. The SMILES string of the molecule is C[C@H]1Cc2cc(S(=O)(=O)NCCC(=O)Nc3ccc(F)cc3F)ccc2N1C(=O)C1CC1. The largest absolute Gasteiger partial charge is 0.324 e. The molecule has 2 N–H and O–H groups in total. The quantitative estimate of drug-likeness (QED) is 0.660. The second-order valence-electron chi connectivity index (χ2n) is 8.15. The minimum Gasteiger partial charge on any atom is -0.324 e. The van der Waals surface area contributed by atoms with Gasteiger partial charge in [0.05, 0.1) is 10.6 Å². The third-order valence-corrected chi connectivity index (χ3v) is 7.05. The highest BCUT2D eigenvalue weighted by atomic mass is 32.2. The van der Waals surface area contributed by atoms with Gasteiger partial charge in [-0.3, -0.25) is 9.59 Å². The molecule has 1 fully saturated rings. The first kappa shape index (κ1) is 22.3. The van der Waals surface area contributed by atoms with Crippen LogP contribution in [0.15, 0.2) is 41.3 Å². The molecule has 1 aliphatic heterocycles. The fraction of sp³-hybridized carbons (Fsp3) is 0.364. The molecule has 0 bridgehead atoms. The molecular weight excluding hydrogens is 440 g/mol. The highest BCUT2D eigenvalue weighted by Gasteiger charge is 2.39. The lowest BCUT2D eigenvalue weighted by atomic mass is 10.1. The molecule has 0 aromatic heterocycles. The van der Waals surface area contributed by atoms with Gasteiger partial charge in [-0.1, -0.05) is 0 Å². The number of carbonyl (C=O) groups excluding carboxylic acids is 2. The molecule has 10 heteroatoms. The second kappa shape index (κ2) is 8.59. The van der Waals surface area contributed by atoms with E-state index in [-0.39, 0.29) is 41.4 Å². The number of benzene rings is 2. The van der Waals surface area contributed by atoms with Crippen molar-refractivity contribution in [1.82, 2.24) is 4.72 Å². The zero-order chi connectivity index (χ0) is 23.0. The molecule has 32 heavy (non-hydrogen) atoms. The smallest absolute Gasteiger partial charge is 0.240 e. The molecule has 2 aliphatic rings. The number of nitrogens with one attached hydrogen (secondary N) is 2. The second-order valence-corrected chi connectivity index (χ2v) is 9.91. The third-order valence-electron chi connectivity index (χ3n) is 5.59. The molecule has 1 heterocycles. The van der Waals surface area contributed by atoms with E-state index in [1.54, 1.807) is 17.0 Å². The van der Waals surface area contributed by atoms with E-state index in [4.69, 9.17) is 0 Å². The third kappa shape index (κ3) is 4.66. The fourth-order valence-electron chi connectivity index (χ4n) is 3.82. The lowest BCUT2D eigenvalue weighted by molar-refractivity contribution is -0.120. The van der Waals surface area contributed by atoms with Crippen LogP contribution >= 0.6 is 0 Å². The average Bonchev–Trinajstić information content (AvgIpc) is 3.51. The maximum atomic E-state index is 13.6. The molecule has 1 atom stereocenters. The maximum Gasteiger partial charge on any atom is 0.240 e. The maximum absolute atomic E-state index is 13.6. The minimum absolute atomic E-state index is 0.0282. The zero-order valence-corrected chi connectivity index (χ0v) is 18.2. The number of hydrogen-bond donors (Lipinski definition) is 2. The van der Waals surface area contributed by atoms with Crippen LogP contribution in [0, 0.1) is 17.6 Å². The summed E-state index contributed by atoms with van der Waals surface area (Å²) in [6, 6.07) is 7.37. The molecule has 2 aromatic rings. The molecule has 0 saturated heterocycles. The lowest BCUT2D eigenvalue weighted by Gasteiger charge is -2.22. The average molecular weight is 464 g/mol. The van der Waals surface area contributed by atoms with Gasteiger partial charge in [0.15, 0.2) is 0 Å². The minimum atomic E-state index is -3.88. The Bertz CT molecular complexity index is 1180. The van der Waals surface area contributed by atoms with Crippen LogP contribution < -0.4 is 14.9 Å². The summed E-state index contributed by atoms with van der Waals surface area (Å²) in [6.45, 7) is 1.74. The van der Waals surface area contributed by atoms with Crippen molar-refractivity contribution in [3.63, 3.8) is 0 Å². The van der Waals surface area contributed by atoms with E-state index in [9.17, 15) is 26.8 Å². The summed E-state index contributed by atoms with van der Waals surface area (Å²) in [5.74, 6) is -2.13. The van der Waals surface area contributed by atoms with Crippen LogP contribution in [0.4, 0.5) is 20.2 Å². The van der Waals surface area contributed by atoms with Crippen molar-refractivity contribution in [2.45, 2.75) is 43.5 Å². The van der Waals surface area contributed by atoms with Gasteiger partial charge in [0, 0.05) is 36.7 Å². The van der Waals surface area contributed by atoms with Crippen LogP contribution in [0.1, 0.15) is 31.7 Å². The topological polar surface area (TPSA) is 95.6 Å². The summed E-state index contributed by atoms with van der Waals surface area (Å²) in [5.41, 5.74) is 1.35. The number of hydrogen-bond acceptors (Lipinski definition) is 4. The first-order valence-corrected chi connectivity index (χ1v) is 11.8. The summed E-state index contributed by atoms with van der Waals surface area (Å²) < 4.78 is 54.2. The molecule has 4 rings (SSSR count). The molecule has 0 spiro atoms. The van der Waals surface area contributed by atoms with E-state index in [1.807, 2.05) is 6.92 Å². The van der Waals surface area contributed by atoms with E-state index in [0.29, 0.717) is 12.5 Å².